The van der Waals surface area contributed by atoms with Crippen LogP contribution in [0, 0.1) is 6.92 Å². The smallest absolute Gasteiger partial charge is 0.162 e. The Morgan fingerprint density at radius 2 is 2.21 bits per heavy atom. The van der Waals surface area contributed by atoms with Gasteiger partial charge in [-0.15, -0.1) is 0 Å². The number of ether oxygens (including phenoxy) is 1. The van der Waals surface area contributed by atoms with E-state index in [2.05, 4.69) is 0 Å². The zero-order valence-electron chi connectivity index (χ0n) is 8.41. The van der Waals surface area contributed by atoms with Crippen molar-refractivity contribution in [3.05, 3.63) is 29.3 Å². The second-order valence-electron chi connectivity index (χ2n) is 3.18. The zero-order valence-corrected chi connectivity index (χ0v) is 8.41. The molecule has 0 spiro atoms. The fraction of sp³-hybridized carbons (Fsp3) is 0.364. The molecule has 1 aromatic carbocycles. The van der Waals surface area contributed by atoms with Gasteiger partial charge in [-0.25, -0.2) is 0 Å². The van der Waals surface area contributed by atoms with Crippen LogP contribution in [0.5, 0.6) is 5.75 Å². The van der Waals surface area contributed by atoms with Crippen molar-refractivity contribution in [1.29, 1.82) is 0 Å². The van der Waals surface area contributed by atoms with Gasteiger partial charge in [-0.05, 0) is 24.1 Å². The van der Waals surface area contributed by atoms with Crippen molar-refractivity contribution >= 4 is 5.78 Å². The van der Waals surface area contributed by atoms with E-state index in [9.17, 15) is 4.79 Å². The highest BCUT2D eigenvalue weighted by molar-refractivity contribution is 5.81. The lowest BCUT2D eigenvalue weighted by molar-refractivity contribution is -0.121. The van der Waals surface area contributed by atoms with E-state index in [1.807, 2.05) is 25.1 Å². The third-order valence-electron chi connectivity index (χ3n) is 2.04. The first kappa shape index (κ1) is 10.7. The molecule has 1 aromatic rings. The summed E-state index contributed by atoms with van der Waals surface area (Å²) in [5, 5.41) is 8.59. The Morgan fingerprint density at radius 1 is 1.50 bits per heavy atom. The number of hydrogen-bond acceptors (Lipinski definition) is 3. The average Bonchev–Trinajstić information content (AvgIpc) is 2.18. The lowest BCUT2D eigenvalue weighted by atomic mass is 10.1. The predicted molar refractivity (Wildman–Crippen MR) is 53.5 cm³/mol. The third kappa shape index (κ3) is 2.57. The molecule has 0 aliphatic rings. The van der Waals surface area contributed by atoms with Gasteiger partial charge in [0.25, 0.3) is 0 Å². The molecule has 0 heterocycles. The van der Waals surface area contributed by atoms with Crippen LogP contribution in [-0.2, 0) is 11.2 Å². The van der Waals surface area contributed by atoms with Gasteiger partial charge in [0.05, 0.1) is 7.11 Å². The van der Waals surface area contributed by atoms with Gasteiger partial charge in [0.2, 0.25) is 0 Å². The van der Waals surface area contributed by atoms with Gasteiger partial charge in [0, 0.05) is 6.42 Å². The van der Waals surface area contributed by atoms with E-state index in [1.54, 1.807) is 7.11 Å². The fourth-order valence-corrected chi connectivity index (χ4v) is 1.33. The van der Waals surface area contributed by atoms with Crippen LogP contribution in [0.1, 0.15) is 11.1 Å². The first-order valence-corrected chi connectivity index (χ1v) is 4.43. The number of aryl methyl sites for hydroxylation is 1. The van der Waals surface area contributed by atoms with E-state index in [4.69, 9.17) is 9.84 Å². The molecule has 0 aromatic heterocycles. The molecule has 0 saturated carbocycles. The predicted octanol–water partition coefficient (Wildman–Crippen LogP) is 1.11. The molecule has 0 radical (unpaired) electrons. The number of aliphatic hydroxyl groups excluding tert-OH is 1. The van der Waals surface area contributed by atoms with Crippen LogP contribution < -0.4 is 4.74 Å². The summed E-state index contributed by atoms with van der Waals surface area (Å²) in [6.45, 7) is 1.52. The number of methoxy groups -OCH3 is 1. The largest absolute Gasteiger partial charge is 0.496 e. The Morgan fingerprint density at radius 3 is 2.71 bits per heavy atom. The maximum Gasteiger partial charge on any atom is 0.162 e. The average molecular weight is 194 g/mol. The molecule has 14 heavy (non-hydrogen) atoms. The summed E-state index contributed by atoms with van der Waals surface area (Å²) >= 11 is 0. The highest BCUT2D eigenvalue weighted by Gasteiger charge is 2.04. The van der Waals surface area contributed by atoms with Crippen LogP contribution in [0.25, 0.3) is 0 Å². The highest BCUT2D eigenvalue weighted by atomic mass is 16.5. The summed E-state index contributed by atoms with van der Waals surface area (Å²) < 4.78 is 5.10. The van der Waals surface area contributed by atoms with Crippen LogP contribution in [-0.4, -0.2) is 24.6 Å². The molecule has 0 saturated heterocycles. The van der Waals surface area contributed by atoms with Gasteiger partial charge in [0.1, 0.15) is 12.4 Å². The SMILES string of the molecule is COc1ccc(CC(=O)CO)cc1C. The van der Waals surface area contributed by atoms with E-state index >= 15 is 0 Å². The zero-order chi connectivity index (χ0) is 10.6. The second-order valence-corrected chi connectivity index (χ2v) is 3.18. The molecular formula is C11H14O3. The topological polar surface area (TPSA) is 46.5 Å². The van der Waals surface area contributed by atoms with Gasteiger partial charge < -0.3 is 9.84 Å². The molecule has 76 valence electrons. The summed E-state index contributed by atoms with van der Waals surface area (Å²) in [5.74, 6) is 0.639. The fourth-order valence-electron chi connectivity index (χ4n) is 1.33. The first-order chi connectivity index (χ1) is 6.67. The number of benzene rings is 1. The van der Waals surface area contributed by atoms with E-state index in [1.165, 1.54) is 0 Å². The molecule has 0 atom stereocenters. The maximum atomic E-state index is 11.0. The Balaban J connectivity index is 2.81. The number of carbonyl (C=O) groups excluding carboxylic acids is 1. The van der Waals surface area contributed by atoms with Gasteiger partial charge >= 0.3 is 0 Å². The number of ketones is 1. The van der Waals surface area contributed by atoms with Gasteiger partial charge in [0.15, 0.2) is 5.78 Å². The van der Waals surface area contributed by atoms with Crippen molar-refractivity contribution in [2.45, 2.75) is 13.3 Å². The van der Waals surface area contributed by atoms with Crippen molar-refractivity contribution in [2.24, 2.45) is 0 Å². The first-order valence-electron chi connectivity index (χ1n) is 4.43. The molecule has 0 fully saturated rings. The van der Waals surface area contributed by atoms with Crippen molar-refractivity contribution in [3.63, 3.8) is 0 Å². The second kappa shape index (κ2) is 4.77. The van der Waals surface area contributed by atoms with Crippen LogP contribution >= 0.6 is 0 Å². The molecule has 0 bridgehead atoms. The summed E-state index contributed by atoms with van der Waals surface area (Å²) in [4.78, 5) is 11.0. The lowest BCUT2D eigenvalue weighted by Crippen LogP contribution is -2.07. The van der Waals surface area contributed by atoms with Crippen molar-refractivity contribution in [3.8, 4) is 5.75 Å². The van der Waals surface area contributed by atoms with Crippen molar-refractivity contribution in [2.75, 3.05) is 13.7 Å². The highest BCUT2D eigenvalue weighted by Crippen LogP contribution is 2.18. The molecule has 3 heteroatoms. The van der Waals surface area contributed by atoms with Crippen LogP contribution in [0.4, 0.5) is 0 Å². The summed E-state index contributed by atoms with van der Waals surface area (Å²) in [6, 6.07) is 5.56. The summed E-state index contributed by atoms with van der Waals surface area (Å²) in [6.07, 6.45) is 0.279. The monoisotopic (exact) mass is 194 g/mol. The molecule has 3 nitrogen and oxygen atoms in total. The third-order valence-corrected chi connectivity index (χ3v) is 2.04. The van der Waals surface area contributed by atoms with E-state index in [-0.39, 0.29) is 12.2 Å². The van der Waals surface area contributed by atoms with Crippen LogP contribution in [0.15, 0.2) is 18.2 Å². The van der Waals surface area contributed by atoms with Gasteiger partial charge in [-0.2, -0.15) is 0 Å². The Hall–Kier alpha value is -1.35. The summed E-state index contributed by atoms with van der Waals surface area (Å²) in [7, 11) is 1.61. The quantitative estimate of drug-likeness (QED) is 0.781. The van der Waals surface area contributed by atoms with E-state index in [0.29, 0.717) is 0 Å². The number of rotatable bonds is 4. The minimum Gasteiger partial charge on any atom is -0.496 e. The van der Waals surface area contributed by atoms with Gasteiger partial charge in [-0.1, -0.05) is 12.1 Å². The lowest BCUT2D eigenvalue weighted by Gasteiger charge is -2.06. The summed E-state index contributed by atoms with van der Waals surface area (Å²) in [5.41, 5.74) is 1.90. The Labute approximate surface area is 83.3 Å². The minimum atomic E-state index is -0.398. The molecule has 0 unspecified atom stereocenters. The molecular weight excluding hydrogens is 180 g/mol. The van der Waals surface area contributed by atoms with Crippen molar-refractivity contribution < 1.29 is 14.6 Å². The number of carbonyl (C=O) groups is 1. The van der Waals surface area contributed by atoms with Crippen LogP contribution in [0.3, 0.4) is 0 Å². The maximum absolute atomic E-state index is 11.0. The number of Topliss-reactive ketones (excluding diaryl/α,β-unsaturated/α-hetero) is 1. The molecule has 0 aliphatic heterocycles. The number of aliphatic hydroxyl groups is 1. The number of hydrogen-bond donors (Lipinski definition) is 1. The standard InChI is InChI=1S/C11H14O3/c1-8-5-9(6-10(13)7-12)3-4-11(8)14-2/h3-5,12H,6-7H2,1-2H3. The van der Waals surface area contributed by atoms with E-state index < -0.39 is 6.61 Å². The molecule has 0 aliphatic carbocycles. The van der Waals surface area contributed by atoms with E-state index in [0.717, 1.165) is 16.9 Å². The Bertz CT molecular complexity index is 331. The van der Waals surface area contributed by atoms with Gasteiger partial charge in [-0.3, -0.25) is 4.79 Å². The molecule has 1 N–H and O–H groups in total. The Kier molecular flexibility index (Phi) is 3.65. The molecule has 0 amide bonds. The van der Waals surface area contributed by atoms with Crippen LogP contribution in [0.2, 0.25) is 0 Å². The molecule has 1 rings (SSSR count). The normalized spacial score (nSPS) is 9.93. The minimum absolute atomic E-state index is 0.172. The van der Waals surface area contributed by atoms with Crippen molar-refractivity contribution in [1.82, 2.24) is 0 Å².